The molecule has 0 N–H and O–H groups in total. The molecule has 0 aromatic heterocycles. The molecule has 1 aromatic carbocycles. The maximum Gasteiger partial charge on any atom is 0.458 e. The van der Waals surface area contributed by atoms with Crippen LogP contribution in [0.2, 0.25) is 6.32 Å². The molecular formula is C17H25BO2. The zero-order valence-corrected chi connectivity index (χ0v) is 13.1. The van der Waals surface area contributed by atoms with Crippen LogP contribution in [0.15, 0.2) is 24.3 Å². The van der Waals surface area contributed by atoms with Gasteiger partial charge in [0.25, 0.3) is 0 Å². The number of benzene rings is 1. The highest BCUT2D eigenvalue weighted by atomic mass is 16.7. The molecule has 0 bridgehead atoms. The minimum absolute atomic E-state index is 0.0730. The van der Waals surface area contributed by atoms with E-state index in [0.29, 0.717) is 5.92 Å². The van der Waals surface area contributed by atoms with Crippen molar-refractivity contribution in [1.29, 1.82) is 0 Å². The second kappa shape index (κ2) is 4.89. The van der Waals surface area contributed by atoms with E-state index >= 15 is 0 Å². The van der Waals surface area contributed by atoms with Gasteiger partial charge in [0.15, 0.2) is 0 Å². The van der Waals surface area contributed by atoms with Gasteiger partial charge in [-0.15, -0.1) is 0 Å². The van der Waals surface area contributed by atoms with Crippen molar-refractivity contribution in [2.45, 2.75) is 70.4 Å². The van der Waals surface area contributed by atoms with Crippen LogP contribution in [0, 0.1) is 0 Å². The van der Waals surface area contributed by atoms with Gasteiger partial charge in [-0.2, -0.15) is 0 Å². The van der Waals surface area contributed by atoms with E-state index < -0.39 is 0 Å². The van der Waals surface area contributed by atoms with Crippen LogP contribution >= 0.6 is 0 Å². The normalized spacial score (nSPS) is 27.4. The molecule has 2 aliphatic rings. The van der Waals surface area contributed by atoms with E-state index in [-0.39, 0.29) is 18.3 Å². The number of rotatable bonds is 2. The minimum atomic E-state index is -0.216. The first-order valence-corrected chi connectivity index (χ1v) is 7.82. The maximum absolute atomic E-state index is 6.16. The van der Waals surface area contributed by atoms with Crippen LogP contribution in [0.5, 0.6) is 0 Å². The van der Waals surface area contributed by atoms with Gasteiger partial charge in [-0.25, -0.2) is 0 Å². The van der Waals surface area contributed by atoms with Crippen LogP contribution in [-0.2, 0) is 15.7 Å². The summed E-state index contributed by atoms with van der Waals surface area (Å²) in [5.74, 6) is 0.578. The van der Waals surface area contributed by atoms with Crippen molar-refractivity contribution >= 4 is 7.12 Å². The second-order valence-corrected chi connectivity index (χ2v) is 7.21. The molecule has 1 heterocycles. The number of hydrogen-bond donors (Lipinski definition) is 0. The zero-order valence-electron chi connectivity index (χ0n) is 13.1. The lowest BCUT2D eigenvalue weighted by Crippen LogP contribution is -2.41. The molecule has 1 unspecified atom stereocenters. The number of fused-ring (bicyclic) bond motifs is 1. The van der Waals surface area contributed by atoms with Gasteiger partial charge in [0.2, 0.25) is 0 Å². The predicted molar refractivity (Wildman–Crippen MR) is 83.0 cm³/mol. The van der Waals surface area contributed by atoms with Crippen LogP contribution in [0.3, 0.4) is 0 Å². The Morgan fingerprint density at radius 1 is 1.10 bits per heavy atom. The molecular weight excluding hydrogens is 247 g/mol. The molecule has 1 saturated heterocycles. The number of aryl methyl sites for hydroxylation is 1. The summed E-state index contributed by atoms with van der Waals surface area (Å²) in [7, 11) is -0.0730. The largest absolute Gasteiger partial charge is 0.458 e. The molecule has 0 saturated carbocycles. The lowest BCUT2D eigenvalue weighted by atomic mass is 9.70. The Bertz CT molecular complexity index is 480. The molecule has 0 spiro atoms. The molecule has 3 heteroatoms. The van der Waals surface area contributed by atoms with E-state index in [9.17, 15) is 0 Å². The third-order valence-electron chi connectivity index (χ3n) is 5.27. The molecule has 1 aliphatic heterocycles. The minimum Gasteiger partial charge on any atom is -0.403 e. The average molecular weight is 272 g/mol. The van der Waals surface area contributed by atoms with Gasteiger partial charge < -0.3 is 9.31 Å². The monoisotopic (exact) mass is 272 g/mol. The van der Waals surface area contributed by atoms with Crippen LogP contribution in [-0.4, -0.2) is 18.3 Å². The highest BCUT2D eigenvalue weighted by Gasteiger charge is 2.51. The molecule has 108 valence electrons. The van der Waals surface area contributed by atoms with E-state index in [4.69, 9.17) is 9.31 Å². The summed E-state index contributed by atoms with van der Waals surface area (Å²) in [6, 6.07) is 8.85. The van der Waals surface area contributed by atoms with Gasteiger partial charge in [-0.05, 0) is 70.3 Å². The smallest absolute Gasteiger partial charge is 0.403 e. The van der Waals surface area contributed by atoms with Gasteiger partial charge in [-0.1, -0.05) is 24.3 Å². The average Bonchev–Trinajstić information content (AvgIpc) is 2.58. The molecule has 0 amide bonds. The van der Waals surface area contributed by atoms with Gasteiger partial charge in [-0.3, -0.25) is 0 Å². The molecule has 1 atom stereocenters. The molecule has 1 aliphatic carbocycles. The van der Waals surface area contributed by atoms with Crippen molar-refractivity contribution in [1.82, 2.24) is 0 Å². The first kappa shape index (κ1) is 14.2. The van der Waals surface area contributed by atoms with Crippen LogP contribution in [0.4, 0.5) is 0 Å². The van der Waals surface area contributed by atoms with Crippen molar-refractivity contribution in [2.24, 2.45) is 0 Å². The van der Waals surface area contributed by atoms with Gasteiger partial charge in [0.1, 0.15) is 0 Å². The van der Waals surface area contributed by atoms with E-state index in [1.165, 1.54) is 30.4 Å². The fourth-order valence-electron chi connectivity index (χ4n) is 3.39. The van der Waals surface area contributed by atoms with Crippen LogP contribution in [0.1, 0.15) is 57.6 Å². The Labute approximate surface area is 123 Å². The summed E-state index contributed by atoms with van der Waals surface area (Å²) in [5.41, 5.74) is 2.59. The summed E-state index contributed by atoms with van der Waals surface area (Å²) >= 11 is 0. The van der Waals surface area contributed by atoms with Crippen molar-refractivity contribution in [3.8, 4) is 0 Å². The SMILES string of the molecule is CC1(C)OB(CC2CCCc3ccccc32)OC1(C)C. The summed E-state index contributed by atoms with van der Waals surface area (Å²) in [5, 5.41) is 0. The Morgan fingerprint density at radius 2 is 1.75 bits per heavy atom. The maximum atomic E-state index is 6.16. The third-order valence-corrected chi connectivity index (χ3v) is 5.27. The van der Waals surface area contributed by atoms with Crippen molar-refractivity contribution in [2.75, 3.05) is 0 Å². The molecule has 1 fully saturated rings. The summed E-state index contributed by atoms with van der Waals surface area (Å²) < 4.78 is 12.3. The first-order chi connectivity index (χ1) is 9.39. The summed E-state index contributed by atoms with van der Waals surface area (Å²) in [4.78, 5) is 0. The Kier molecular flexibility index (Phi) is 3.46. The van der Waals surface area contributed by atoms with E-state index in [2.05, 4.69) is 52.0 Å². The van der Waals surface area contributed by atoms with Gasteiger partial charge >= 0.3 is 7.12 Å². The first-order valence-electron chi connectivity index (χ1n) is 7.82. The van der Waals surface area contributed by atoms with Crippen LogP contribution in [0.25, 0.3) is 0 Å². The summed E-state index contributed by atoms with van der Waals surface area (Å²) in [6.07, 6.45) is 4.72. The Balaban J connectivity index is 1.75. The van der Waals surface area contributed by atoms with E-state index in [1.807, 2.05) is 0 Å². The highest BCUT2D eigenvalue weighted by Crippen LogP contribution is 2.42. The lowest BCUT2D eigenvalue weighted by molar-refractivity contribution is 0.00578. The van der Waals surface area contributed by atoms with Gasteiger partial charge in [0.05, 0.1) is 11.2 Å². The molecule has 0 radical (unpaired) electrons. The van der Waals surface area contributed by atoms with Gasteiger partial charge in [0, 0.05) is 0 Å². The van der Waals surface area contributed by atoms with E-state index in [0.717, 1.165) is 6.32 Å². The van der Waals surface area contributed by atoms with Crippen molar-refractivity contribution in [3.63, 3.8) is 0 Å². The number of hydrogen-bond acceptors (Lipinski definition) is 2. The van der Waals surface area contributed by atoms with Crippen molar-refractivity contribution < 1.29 is 9.31 Å². The standard InChI is InChI=1S/C17H25BO2/c1-16(2)17(3,4)20-18(19-16)12-14-10-7-9-13-8-5-6-11-15(13)14/h5-6,8,11,14H,7,9-10,12H2,1-4H3. The Hall–Kier alpha value is -0.795. The predicted octanol–water partition coefficient (Wildman–Crippen LogP) is 4.20. The molecule has 2 nitrogen and oxygen atoms in total. The van der Waals surface area contributed by atoms with E-state index in [1.54, 1.807) is 0 Å². The van der Waals surface area contributed by atoms with Crippen molar-refractivity contribution in [3.05, 3.63) is 35.4 Å². The fraction of sp³-hybridized carbons (Fsp3) is 0.647. The fourth-order valence-corrected chi connectivity index (χ4v) is 3.39. The second-order valence-electron chi connectivity index (χ2n) is 7.21. The molecule has 1 aromatic rings. The molecule has 20 heavy (non-hydrogen) atoms. The highest BCUT2D eigenvalue weighted by molar-refractivity contribution is 6.45. The topological polar surface area (TPSA) is 18.5 Å². The van der Waals surface area contributed by atoms with Crippen LogP contribution < -0.4 is 0 Å². The Morgan fingerprint density at radius 3 is 2.45 bits per heavy atom. The molecule has 3 rings (SSSR count). The lowest BCUT2D eigenvalue weighted by Gasteiger charge is -2.32. The zero-order chi connectivity index (χ0) is 14.4. The third kappa shape index (κ3) is 2.42. The summed E-state index contributed by atoms with van der Waals surface area (Å²) in [6.45, 7) is 8.51. The quantitative estimate of drug-likeness (QED) is 0.751.